The second-order valence-corrected chi connectivity index (χ2v) is 8.31. The summed E-state index contributed by atoms with van der Waals surface area (Å²) in [6, 6.07) is 14.3. The molecule has 1 fully saturated rings. The van der Waals surface area contributed by atoms with Crippen LogP contribution in [0, 0.1) is 6.92 Å². The molecule has 1 aromatic heterocycles. The Bertz CT molecular complexity index is 1310. The van der Waals surface area contributed by atoms with E-state index in [0.717, 1.165) is 5.56 Å². The number of nitrogens with zero attached hydrogens (tertiary/aromatic N) is 2. The van der Waals surface area contributed by atoms with Crippen LogP contribution in [0.2, 0.25) is 5.02 Å². The van der Waals surface area contributed by atoms with Gasteiger partial charge in [-0.05, 0) is 62.7 Å². The number of ether oxygens (including phenoxy) is 2. The molecule has 2 heterocycles. The molecule has 0 spiro atoms. The molecular formula is C27H25ClN2O5. The first-order valence-corrected chi connectivity index (χ1v) is 11.6. The van der Waals surface area contributed by atoms with Gasteiger partial charge in [0.15, 0.2) is 0 Å². The van der Waals surface area contributed by atoms with Gasteiger partial charge in [0, 0.05) is 23.0 Å². The number of carbonyl (C=O) groups excluding carboxylic acids is 2. The molecule has 1 amide bonds. The van der Waals surface area contributed by atoms with E-state index in [9.17, 15) is 14.7 Å². The van der Waals surface area contributed by atoms with Crippen LogP contribution in [0.5, 0.6) is 11.5 Å². The highest BCUT2D eigenvalue weighted by Gasteiger charge is 2.48. The van der Waals surface area contributed by atoms with E-state index < -0.39 is 17.7 Å². The third kappa shape index (κ3) is 4.59. The number of ketones is 1. The van der Waals surface area contributed by atoms with Crippen molar-refractivity contribution in [2.45, 2.75) is 26.8 Å². The summed E-state index contributed by atoms with van der Waals surface area (Å²) < 4.78 is 11.3. The van der Waals surface area contributed by atoms with Gasteiger partial charge in [-0.25, -0.2) is 0 Å². The Kier molecular flexibility index (Phi) is 7.07. The van der Waals surface area contributed by atoms with Gasteiger partial charge in [-0.15, -0.1) is 0 Å². The smallest absolute Gasteiger partial charge is 0.300 e. The molecule has 3 aromatic rings. The van der Waals surface area contributed by atoms with Crippen LogP contribution in [0.3, 0.4) is 0 Å². The first-order chi connectivity index (χ1) is 16.9. The first-order valence-electron chi connectivity index (χ1n) is 11.2. The molecule has 1 saturated heterocycles. The lowest BCUT2D eigenvalue weighted by molar-refractivity contribution is -0.132. The first kappa shape index (κ1) is 24.3. The van der Waals surface area contributed by atoms with Crippen molar-refractivity contribution in [1.82, 2.24) is 4.98 Å². The van der Waals surface area contributed by atoms with Gasteiger partial charge in [0.05, 0.1) is 30.0 Å². The summed E-state index contributed by atoms with van der Waals surface area (Å²) in [6.45, 7) is 6.28. The molecule has 35 heavy (non-hydrogen) atoms. The summed E-state index contributed by atoms with van der Waals surface area (Å²) in [7, 11) is 0. The number of carbonyl (C=O) groups is 2. The molecule has 0 saturated carbocycles. The molecule has 1 atom stereocenters. The zero-order valence-electron chi connectivity index (χ0n) is 19.6. The lowest BCUT2D eigenvalue weighted by Crippen LogP contribution is -2.30. The van der Waals surface area contributed by atoms with Gasteiger partial charge in [-0.3, -0.25) is 19.5 Å². The van der Waals surface area contributed by atoms with E-state index in [1.807, 2.05) is 20.8 Å². The fourth-order valence-corrected chi connectivity index (χ4v) is 4.28. The highest BCUT2D eigenvalue weighted by molar-refractivity contribution is 6.52. The normalized spacial score (nSPS) is 17.0. The van der Waals surface area contributed by atoms with E-state index in [4.69, 9.17) is 21.1 Å². The number of pyridine rings is 1. The second kappa shape index (κ2) is 10.2. The van der Waals surface area contributed by atoms with Crippen LogP contribution in [-0.2, 0) is 9.59 Å². The molecule has 2 aromatic carbocycles. The van der Waals surface area contributed by atoms with Crippen molar-refractivity contribution < 1.29 is 24.2 Å². The van der Waals surface area contributed by atoms with Crippen molar-refractivity contribution in [3.63, 3.8) is 0 Å². The van der Waals surface area contributed by atoms with E-state index in [-0.39, 0.29) is 16.9 Å². The number of aryl methyl sites for hydroxylation is 1. The van der Waals surface area contributed by atoms with Gasteiger partial charge in [0.2, 0.25) is 0 Å². The molecule has 1 aliphatic rings. The number of aromatic nitrogens is 1. The monoisotopic (exact) mass is 492 g/mol. The number of benzene rings is 2. The molecule has 8 heteroatoms. The van der Waals surface area contributed by atoms with Crippen LogP contribution in [0.1, 0.15) is 36.7 Å². The maximum Gasteiger partial charge on any atom is 0.300 e. The summed E-state index contributed by atoms with van der Waals surface area (Å²) >= 11 is 6.24. The summed E-state index contributed by atoms with van der Waals surface area (Å²) in [6.07, 6.45) is 1.57. The highest BCUT2D eigenvalue weighted by Crippen LogP contribution is 2.44. The molecule has 1 aliphatic heterocycles. The minimum Gasteiger partial charge on any atom is -0.507 e. The summed E-state index contributed by atoms with van der Waals surface area (Å²) in [5, 5.41) is 11.9. The van der Waals surface area contributed by atoms with Crippen molar-refractivity contribution in [3.05, 3.63) is 88.2 Å². The quantitative estimate of drug-likeness (QED) is 0.267. The van der Waals surface area contributed by atoms with Crippen molar-refractivity contribution in [1.29, 1.82) is 0 Å². The Morgan fingerprint density at radius 2 is 1.83 bits per heavy atom. The van der Waals surface area contributed by atoms with E-state index in [1.54, 1.807) is 60.8 Å². The maximum atomic E-state index is 13.4. The van der Waals surface area contributed by atoms with Gasteiger partial charge >= 0.3 is 0 Å². The second-order valence-electron chi connectivity index (χ2n) is 7.88. The highest BCUT2D eigenvalue weighted by atomic mass is 35.5. The molecule has 0 bridgehead atoms. The van der Waals surface area contributed by atoms with E-state index in [2.05, 4.69) is 4.98 Å². The number of amides is 1. The van der Waals surface area contributed by atoms with Crippen LogP contribution >= 0.6 is 11.6 Å². The van der Waals surface area contributed by atoms with Gasteiger partial charge in [0.1, 0.15) is 23.3 Å². The predicted octanol–water partition coefficient (Wildman–Crippen LogP) is 5.47. The molecule has 0 aliphatic carbocycles. The van der Waals surface area contributed by atoms with Gasteiger partial charge in [0.25, 0.3) is 11.7 Å². The van der Waals surface area contributed by atoms with Gasteiger partial charge in [-0.2, -0.15) is 0 Å². The SMILES string of the molecule is CCOc1ccc(/C(O)=C2/C(=O)C(=O)N(c3cc(Cl)ccc3C)C2c2ccccn2)c(OCC)c1. The maximum absolute atomic E-state index is 13.4. The molecule has 180 valence electrons. The minimum absolute atomic E-state index is 0.0850. The summed E-state index contributed by atoms with van der Waals surface area (Å²) in [5.41, 5.74) is 1.83. The topological polar surface area (TPSA) is 89.0 Å². The van der Waals surface area contributed by atoms with Crippen molar-refractivity contribution in [2.24, 2.45) is 0 Å². The van der Waals surface area contributed by atoms with Gasteiger partial charge < -0.3 is 14.6 Å². The number of rotatable bonds is 7. The molecule has 7 nitrogen and oxygen atoms in total. The lowest BCUT2D eigenvalue weighted by atomic mass is 9.97. The van der Waals surface area contributed by atoms with E-state index in [0.29, 0.717) is 41.1 Å². The van der Waals surface area contributed by atoms with Crippen LogP contribution in [0.25, 0.3) is 5.76 Å². The molecule has 4 rings (SSSR count). The standard InChI is InChI=1S/C27H25ClN2O5/c1-4-34-18-11-12-19(22(15-18)35-5-2)25(31)23-24(20-8-6-7-13-29-20)30(27(33)26(23)32)21-14-17(28)10-9-16(21)3/h6-15,24,31H,4-5H2,1-3H3/b25-23-. The van der Waals surface area contributed by atoms with Crippen molar-refractivity contribution in [3.8, 4) is 11.5 Å². The van der Waals surface area contributed by atoms with Crippen LogP contribution in [0.15, 0.2) is 66.4 Å². The van der Waals surface area contributed by atoms with Crippen LogP contribution in [0.4, 0.5) is 5.69 Å². The Morgan fingerprint density at radius 3 is 2.51 bits per heavy atom. The fraction of sp³-hybridized carbons (Fsp3) is 0.222. The summed E-state index contributed by atoms with van der Waals surface area (Å²) in [4.78, 5) is 32.5. The van der Waals surface area contributed by atoms with E-state index in [1.165, 1.54) is 4.90 Å². The molecular weight excluding hydrogens is 468 g/mol. The number of aliphatic hydroxyl groups excluding tert-OH is 1. The molecule has 1 unspecified atom stereocenters. The van der Waals surface area contributed by atoms with E-state index >= 15 is 0 Å². The van der Waals surface area contributed by atoms with Crippen LogP contribution in [-0.4, -0.2) is 35.0 Å². The lowest BCUT2D eigenvalue weighted by Gasteiger charge is -2.26. The Labute approximate surface area is 208 Å². The Hall–Kier alpha value is -3.84. The third-order valence-corrected chi connectivity index (χ3v) is 5.90. The average Bonchev–Trinajstić information content (AvgIpc) is 3.12. The molecule has 0 radical (unpaired) electrons. The number of halogens is 1. The van der Waals surface area contributed by atoms with Crippen molar-refractivity contribution in [2.75, 3.05) is 18.1 Å². The summed E-state index contributed by atoms with van der Waals surface area (Å²) in [5.74, 6) is -1.07. The number of hydrogen-bond acceptors (Lipinski definition) is 6. The minimum atomic E-state index is -0.964. The van der Waals surface area contributed by atoms with Gasteiger partial charge in [-0.1, -0.05) is 23.7 Å². The zero-order chi connectivity index (χ0) is 25.1. The Morgan fingerprint density at radius 1 is 1.06 bits per heavy atom. The van der Waals surface area contributed by atoms with Crippen LogP contribution < -0.4 is 14.4 Å². The number of hydrogen-bond donors (Lipinski definition) is 1. The number of Topliss-reactive ketones (excluding diaryl/α,β-unsaturated/α-hetero) is 1. The predicted molar refractivity (Wildman–Crippen MR) is 134 cm³/mol. The third-order valence-electron chi connectivity index (χ3n) is 5.66. The largest absolute Gasteiger partial charge is 0.507 e. The average molecular weight is 493 g/mol. The molecule has 1 N–H and O–H groups in total. The zero-order valence-corrected chi connectivity index (χ0v) is 20.4. The fourth-order valence-electron chi connectivity index (χ4n) is 4.12. The van der Waals surface area contributed by atoms with Crippen molar-refractivity contribution >= 4 is 34.7 Å². The number of anilines is 1. The Balaban J connectivity index is 1.96. The number of aliphatic hydroxyl groups is 1.